The van der Waals surface area contributed by atoms with Crippen molar-refractivity contribution in [3.8, 4) is 0 Å². The molecule has 2 aliphatic heterocycles. The third-order valence-electron chi connectivity index (χ3n) is 5.30. The van der Waals surface area contributed by atoms with E-state index in [-0.39, 0.29) is 41.8 Å². The second-order valence-corrected chi connectivity index (χ2v) is 7.29. The van der Waals surface area contributed by atoms with E-state index in [1.807, 2.05) is 0 Å². The predicted octanol–water partition coefficient (Wildman–Crippen LogP) is 2.11. The molecule has 0 aromatic heterocycles. The van der Waals surface area contributed by atoms with Gasteiger partial charge in [-0.3, -0.25) is 24.2 Å². The quantitative estimate of drug-likeness (QED) is 0.686. The predicted molar refractivity (Wildman–Crippen MR) is 114 cm³/mol. The average molecular weight is 448 g/mol. The largest absolute Gasteiger partial charge is 0.379 e. The number of hydrogen-bond acceptors (Lipinski definition) is 5. The lowest BCUT2D eigenvalue weighted by Crippen LogP contribution is -2.41. The van der Waals surface area contributed by atoms with Gasteiger partial charge in [-0.05, 0) is 35.9 Å². The number of carbonyl (C=O) groups excluding carboxylic acids is 3. The third-order valence-corrected chi connectivity index (χ3v) is 5.30. The molecule has 2 aromatic rings. The summed E-state index contributed by atoms with van der Waals surface area (Å²) in [6.45, 7) is 4.34. The summed E-state index contributed by atoms with van der Waals surface area (Å²) in [6, 6.07) is 10.2. The second kappa shape index (κ2) is 10.00. The van der Waals surface area contributed by atoms with Crippen molar-refractivity contribution in [3.63, 3.8) is 0 Å². The Labute approximate surface area is 185 Å². The van der Waals surface area contributed by atoms with Crippen LogP contribution in [0, 0.1) is 5.82 Å². The molecule has 9 heteroatoms. The summed E-state index contributed by atoms with van der Waals surface area (Å²) in [5, 5.41) is 2.85. The summed E-state index contributed by atoms with van der Waals surface area (Å²) >= 11 is 0. The lowest BCUT2D eigenvalue weighted by molar-refractivity contribution is 0.0383. The van der Waals surface area contributed by atoms with Crippen LogP contribution in [-0.2, 0) is 11.3 Å². The zero-order chi connectivity index (χ0) is 21.1. The van der Waals surface area contributed by atoms with E-state index in [4.69, 9.17) is 4.74 Å². The minimum atomic E-state index is -0.456. The monoisotopic (exact) mass is 447 g/mol. The van der Waals surface area contributed by atoms with E-state index >= 15 is 0 Å². The Morgan fingerprint density at radius 3 is 2.39 bits per heavy atom. The van der Waals surface area contributed by atoms with E-state index in [1.54, 1.807) is 6.07 Å². The summed E-state index contributed by atoms with van der Waals surface area (Å²) < 4.78 is 18.4. The molecule has 164 valence electrons. The molecular formula is C22H23ClFN3O4. The van der Waals surface area contributed by atoms with E-state index in [9.17, 15) is 18.8 Å². The van der Waals surface area contributed by atoms with Gasteiger partial charge in [-0.25, -0.2) is 4.39 Å². The third kappa shape index (κ3) is 5.10. The molecule has 1 fully saturated rings. The fourth-order valence-electron chi connectivity index (χ4n) is 3.60. The van der Waals surface area contributed by atoms with E-state index in [2.05, 4.69) is 10.2 Å². The van der Waals surface area contributed by atoms with Crippen molar-refractivity contribution in [3.05, 3.63) is 70.5 Å². The van der Waals surface area contributed by atoms with Gasteiger partial charge in [0.1, 0.15) is 5.82 Å². The molecule has 1 N–H and O–H groups in total. The molecule has 1 saturated heterocycles. The number of halogens is 2. The van der Waals surface area contributed by atoms with Crippen LogP contribution in [-0.4, -0.2) is 66.9 Å². The molecule has 2 aliphatic rings. The number of rotatable bonds is 6. The maximum Gasteiger partial charge on any atom is 0.261 e. The number of nitrogens with zero attached hydrogens (tertiary/aromatic N) is 2. The Morgan fingerprint density at radius 2 is 1.68 bits per heavy atom. The van der Waals surface area contributed by atoms with Crippen molar-refractivity contribution in [2.24, 2.45) is 0 Å². The van der Waals surface area contributed by atoms with Gasteiger partial charge in [-0.2, -0.15) is 0 Å². The number of hydrogen-bond donors (Lipinski definition) is 1. The first-order valence-corrected chi connectivity index (χ1v) is 9.86. The van der Waals surface area contributed by atoms with E-state index < -0.39 is 11.8 Å². The van der Waals surface area contributed by atoms with Gasteiger partial charge in [0.25, 0.3) is 17.7 Å². The van der Waals surface area contributed by atoms with Crippen LogP contribution in [0.15, 0.2) is 42.5 Å². The smallest absolute Gasteiger partial charge is 0.261 e. The van der Waals surface area contributed by atoms with Gasteiger partial charge in [-0.1, -0.05) is 12.1 Å². The molecular weight excluding hydrogens is 425 g/mol. The number of amides is 3. The molecule has 0 bridgehead atoms. The normalized spacial score (nSPS) is 16.1. The van der Waals surface area contributed by atoms with Crippen LogP contribution in [0.5, 0.6) is 0 Å². The zero-order valence-corrected chi connectivity index (χ0v) is 17.6. The molecule has 0 radical (unpaired) electrons. The summed E-state index contributed by atoms with van der Waals surface area (Å²) in [5.74, 6) is -1.55. The molecule has 31 heavy (non-hydrogen) atoms. The van der Waals surface area contributed by atoms with Crippen LogP contribution in [0.3, 0.4) is 0 Å². The van der Waals surface area contributed by atoms with E-state index in [0.29, 0.717) is 30.9 Å². The summed E-state index contributed by atoms with van der Waals surface area (Å²) in [5.41, 5.74) is 1.46. The number of imide groups is 1. The number of nitrogens with one attached hydrogen (secondary N) is 1. The van der Waals surface area contributed by atoms with E-state index in [0.717, 1.165) is 24.5 Å². The van der Waals surface area contributed by atoms with Crippen LogP contribution in [0.2, 0.25) is 0 Å². The lowest BCUT2D eigenvalue weighted by atomic mass is 10.1. The first-order chi connectivity index (χ1) is 14.5. The second-order valence-electron chi connectivity index (χ2n) is 7.29. The molecule has 0 saturated carbocycles. The Morgan fingerprint density at radius 1 is 1.00 bits per heavy atom. The fraction of sp³-hybridized carbons (Fsp3) is 0.318. The Balaban J connectivity index is 0.00000272. The first kappa shape index (κ1) is 22.9. The van der Waals surface area contributed by atoms with Crippen LogP contribution in [0.4, 0.5) is 4.39 Å². The number of morpholine rings is 1. The Kier molecular flexibility index (Phi) is 7.37. The number of fused-ring (bicyclic) bond motifs is 1. The fourth-order valence-corrected chi connectivity index (χ4v) is 3.60. The molecule has 0 unspecified atom stereocenters. The van der Waals surface area contributed by atoms with Crippen molar-refractivity contribution in [2.45, 2.75) is 6.54 Å². The Bertz CT molecular complexity index is 977. The lowest BCUT2D eigenvalue weighted by Gasteiger charge is -2.26. The Hall–Kier alpha value is -2.81. The van der Waals surface area contributed by atoms with E-state index in [1.165, 1.54) is 36.4 Å². The molecule has 4 rings (SSSR count). The van der Waals surface area contributed by atoms with Crippen molar-refractivity contribution in [1.82, 2.24) is 15.1 Å². The van der Waals surface area contributed by atoms with Crippen molar-refractivity contribution in [1.29, 1.82) is 0 Å². The van der Waals surface area contributed by atoms with Crippen LogP contribution in [0.1, 0.15) is 36.6 Å². The molecule has 0 spiro atoms. The zero-order valence-electron chi connectivity index (χ0n) is 16.8. The highest BCUT2D eigenvalue weighted by atomic mass is 35.5. The highest BCUT2D eigenvalue weighted by Crippen LogP contribution is 2.25. The number of carbonyl (C=O) groups is 3. The molecule has 3 amide bonds. The van der Waals surface area contributed by atoms with Gasteiger partial charge in [0.15, 0.2) is 0 Å². The van der Waals surface area contributed by atoms with Crippen molar-refractivity contribution in [2.75, 3.05) is 39.4 Å². The maximum atomic E-state index is 13.1. The van der Waals surface area contributed by atoms with Gasteiger partial charge < -0.3 is 10.1 Å². The van der Waals surface area contributed by atoms with Crippen LogP contribution >= 0.6 is 12.4 Å². The van der Waals surface area contributed by atoms with Gasteiger partial charge in [-0.15, -0.1) is 12.4 Å². The van der Waals surface area contributed by atoms with Crippen molar-refractivity contribution >= 4 is 30.1 Å². The molecule has 2 aromatic carbocycles. The number of benzene rings is 2. The first-order valence-electron chi connectivity index (χ1n) is 9.86. The minimum absolute atomic E-state index is 0. The van der Waals surface area contributed by atoms with Crippen LogP contribution < -0.4 is 5.32 Å². The molecule has 0 atom stereocenters. The minimum Gasteiger partial charge on any atom is -0.379 e. The van der Waals surface area contributed by atoms with Gasteiger partial charge in [0, 0.05) is 31.7 Å². The summed E-state index contributed by atoms with van der Waals surface area (Å²) in [6.07, 6.45) is 0. The highest BCUT2D eigenvalue weighted by Gasteiger charge is 2.36. The topological polar surface area (TPSA) is 79.0 Å². The average Bonchev–Trinajstić information content (AvgIpc) is 3.00. The summed E-state index contributed by atoms with van der Waals surface area (Å²) in [4.78, 5) is 41.2. The standard InChI is InChI=1S/C22H22FN3O4.ClH/c23-17-4-1-15(2-5-17)14-26-21(28)18-6-3-16(13-19(18)22(26)29)20(27)24-7-8-25-9-11-30-12-10-25;/h1-6,13H,7-12,14H2,(H,24,27);1H. The van der Waals surface area contributed by atoms with Crippen molar-refractivity contribution < 1.29 is 23.5 Å². The maximum absolute atomic E-state index is 13.1. The molecule has 2 heterocycles. The SMILES string of the molecule is Cl.O=C(NCCN1CCOCC1)c1ccc2c(c1)C(=O)N(Cc1ccc(F)cc1)C2=O. The number of ether oxygens (including phenoxy) is 1. The van der Waals surface area contributed by atoms with Crippen LogP contribution in [0.25, 0.3) is 0 Å². The van der Waals surface area contributed by atoms with Gasteiger partial charge in [0.2, 0.25) is 0 Å². The van der Waals surface area contributed by atoms with Gasteiger partial charge >= 0.3 is 0 Å². The molecule has 0 aliphatic carbocycles. The summed E-state index contributed by atoms with van der Waals surface area (Å²) in [7, 11) is 0. The van der Waals surface area contributed by atoms with Gasteiger partial charge in [0.05, 0.1) is 30.9 Å². The highest BCUT2D eigenvalue weighted by molar-refractivity contribution is 6.22. The molecule has 7 nitrogen and oxygen atoms in total.